The van der Waals surface area contributed by atoms with Gasteiger partial charge in [0.15, 0.2) is 0 Å². The molecule has 5 nitrogen and oxygen atoms in total. The Morgan fingerprint density at radius 3 is 2.12 bits per heavy atom. The largest absolute Gasteiger partial charge is 0.427 e. The van der Waals surface area contributed by atoms with Crippen molar-refractivity contribution in [3.63, 3.8) is 0 Å². The van der Waals surface area contributed by atoms with E-state index in [4.69, 9.17) is 4.74 Å². The summed E-state index contributed by atoms with van der Waals surface area (Å²) in [5.74, 6) is -0.549. The van der Waals surface area contributed by atoms with Crippen molar-refractivity contribution in [3.8, 4) is 5.75 Å². The van der Waals surface area contributed by atoms with E-state index in [0.29, 0.717) is 23.3 Å². The van der Waals surface area contributed by atoms with Crippen LogP contribution in [0.1, 0.15) is 33.6 Å². The normalized spacial score (nSPS) is 13.1. The van der Waals surface area contributed by atoms with Crippen LogP contribution < -0.4 is 4.74 Å². The molecule has 0 unspecified atom stereocenters. The maximum Gasteiger partial charge on any atom is 0.311 e. The molecule has 2 aromatic carbocycles. The zero-order valence-electron chi connectivity index (χ0n) is 12.7. The summed E-state index contributed by atoms with van der Waals surface area (Å²) in [5, 5.41) is 0. The van der Waals surface area contributed by atoms with Gasteiger partial charge in [0, 0.05) is 17.4 Å². The van der Waals surface area contributed by atoms with Crippen molar-refractivity contribution < 1.29 is 19.1 Å². The number of fused-ring (bicyclic) bond motifs is 1. The Bertz CT molecular complexity index is 766. The highest BCUT2D eigenvalue weighted by Crippen LogP contribution is 2.23. The third kappa shape index (κ3) is 3.38. The van der Waals surface area contributed by atoms with E-state index in [9.17, 15) is 14.4 Å². The number of rotatable bonds is 5. The average molecular weight is 388 g/mol. The van der Waals surface area contributed by atoms with Crippen LogP contribution in [0.25, 0.3) is 0 Å². The third-order valence-corrected chi connectivity index (χ3v) is 4.21. The number of benzene rings is 2. The van der Waals surface area contributed by atoms with Gasteiger partial charge in [-0.2, -0.15) is 0 Å². The fraction of sp³-hybridized carbons (Fsp3) is 0.167. The maximum absolute atomic E-state index is 12.2. The molecule has 122 valence electrons. The number of imide groups is 1. The molecule has 6 heteroatoms. The Kier molecular flexibility index (Phi) is 4.76. The molecule has 24 heavy (non-hydrogen) atoms. The minimum absolute atomic E-state index is 0.128. The molecule has 0 atom stereocenters. The monoisotopic (exact) mass is 387 g/mol. The van der Waals surface area contributed by atoms with Gasteiger partial charge in [-0.15, -0.1) is 0 Å². The lowest BCUT2D eigenvalue weighted by molar-refractivity contribution is -0.134. The second-order valence-electron chi connectivity index (χ2n) is 5.34. The minimum atomic E-state index is -0.395. The van der Waals surface area contributed by atoms with Gasteiger partial charge in [0.05, 0.1) is 11.1 Å². The van der Waals surface area contributed by atoms with Crippen molar-refractivity contribution >= 4 is 33.7 Å². The number of nitrogens with zero attached hydrogens (tertiary/aromatic N) is 1. The Hall–Kier alpha value is -2.47. The van der Waals surface area contributed by atoms with Gasteiger partial charge in [0.2, 0.25) is 0 Å². The molecular weight excluding hydrogens is 374 g/mol. The first-order valence-electron chi connectivity index (χ1n) is 7.48. The molecule has 2 aromatic rings. The predicted molar refractivity (Wildman–Crippen MR) is 90.8 cm³/mol. The highest BCUT2D eigenvalue weighted by atomic mass is 79.9. The lowest BCUT2D eigenvalue weighted by Gasteiger charge is -2.13. The average Bonchev–Trinajstić information content (AvgIpc) is 2.82. The summed E-state index contributed by atoms with van der Waals surface area (Å²) in [7, 11) is 0. The molecule has 0 spiro atoms. The van der Waals surface area contributed by atoms with E-state index in [-0.39, 0.29) is 24.8 Å². The van der Waals surface area contributed by atoms with Crippen LogP contribution in [0.15, 0.2) is 53.0 Å². The van der Waals surface area contributed by atoms with Crippen molar-refractivity contribution in [2.24, 2.45) is 0 Å². The number of esters is 1. The van der Waals surface area contributed by atoms with Crippen molar-refractivity contribution in [2.45, 2.75) is 12.8 Å². The molecule has 2 amide bonds. The molecule has 0 N–H and O–H groups in total. The van der Waals surface area contributed by atoms with Crippen molar-refractivity contribution in [3.05, 3.63) is 64.1 Å². The number of carbonyl (C=O) groups is 3. The SMILES string of the molecule is O=C(CCCN1C(=O)c2ccccc2C1=O)Oc1ccc(Br)cc1. The molecular formula is C18H14BrNO4. The van der Waals surface area contributed by atoms with E-state index in [1.165, 1.54) is 4.90 Å². The highest BCUT2D eigenvalue weighted by molar-refractivity contribution is 9.10. The topological polar surface area (TPSA) is 63.7 Å². The number of hydrogen-bond donors (Lipinski definition) is 0. The van der Waals surface area contributed by atoms with Gasteiger partial charge in [-0.25, -0.2) is 0 Å². The number of halogens is 1. The van der Waals surface area contributed by atoms with Crippen molar-refractivity contribution in [1.82, 2.24) is 4.90 Å². The van der Waals surface area contributed by atoms with Gasteiger partial charge < -0.3 is 4.74 Å². The Morgan fingerprint density at radius 1 is 0.958 bits per heavy atom. The Labute approximate surface area is 147 Å². The summed E-state index contributed by atoms with van der Waals surface area (Å²) in [6.07, 6.45) is 0.490. The molecule has 1 aliphatic heterocycles. The smallest absolute Gasteiger partial charge is 0.311 e. The quantitative estimate of drug-likeness (QED) is 0.447. The summed E-state index contributed by atoms with van der Waals surface area (Å²) in [5.41, 5.74) is 0.833. The fourth-order valence-electron chi connectivity index (χ4n) is 2.51. The van der Waals surface area contributed by atoms with Crippen LogP contribution in [0.5, 0.6) is 5.75 Å². The maximum atomic E-state index is 12.2. The van der Waals surface area contributed by atoms with E-state index in [0.717, 1.165) is 4.47 Å². The van der Waals surface area contributed by atoms with Crippen LogP contribution in [0, 0.1) is 0 Å². The van der Waals surface area contributed by atoms with Gasteiger partial charge in [-0.3, -0.25) is 19.3 Å². The standard InChI is InChI=1S/C18H14BrNO4/c19-12-7-9-13(10-8-12)24-16(21)6-3-11-20-17(22)14-4-1-2-5-15(14)18(20)23/h1-2,4-5,7-10H,3,6,11H2. The molecule has 0 radical (unpaired) electrons. The van der Waals surface area contributed by atoms with Gasteiger partial charge in [-0.1, -0.05) is 28.1 Å². The van der Waals surface area contributed by atoms with Crippen LogP contribution in [0.2, 0.25) is 0 Å². The molecule has 0 aliphatic carbocycles. The molecule has 0 saturated heterocycles. The Balaban J connectivity index is 1.52. The van der Waals surface area contributed by atoms with Gasteiger partial charge in [-0.05, 0) is 42.8 Å². The van der Waals surface area contributed by atoms with Crippen LogP contribution in [-0.2, 0) is 4.79 Å². The Morgan fingerprint density at radius 2 is 1.54 bits per heavy atom. The second kappa shape index (κ2) is 6.97. The van der Waals surface area contributed by atoms with Crippen molar-refractivity contribution in [2.75, 3.05) is 6.54 Å². The van der Waals surface area contributed by atoms with Crippen molar-refractivity contribution in [1.29, 1.82) is 0 Å². The van der Waals surface area contributed by atoms with Gasteiger partial charge >= 0.3 is 5.97 Å². The molecule has 3 rings (SSSR count). The predicted octanol–water partition coefficient (Wildman–Crippen LogP) is 3.43. The first-order chi connectivity index (χ1) is 11.6. The summed E-state index contributed by atoms with van der Waals surface area (Å²) in [6.45, 7) is 0.196. The fourth-order valence-corrected chi connectivity index (χ4v) is 2.77. The van der Waals surface area contributed by atoms with Crippen LogP contribution in [0.4, 0.5) is 0 Å². The molecule has 0 bridgehead atoms. The zero-order valence-corrected chi connectivity index (χ0v) is 14.3. The number of amides is 2. The lowest BCUT2D eigenvalue weighted by atomic mass is 10.1. The van der Waals surface area contributed by atoms with E-state index in [2.05, 4.69) is 15.9 Å². The molecule has 0 fully saturated rings. The third-order valence-electron chi connectivity index (χ3n) is 3.69. The summed E-state index contributed by atoms with van der Waals surface area (Å²) < 4.78 is 6.10. The van der Waals surface area contributed by atoms with Gasteiger partial charge in [0.1, 0.15) is 5.75 Å². The highest BCUT2D eigenvalue weighted by Gasteiger charge is 2.34. The summed E-state index contributed by atoms with van der Waals surface area (Å²) in [4.78, 5) is 37.4. The first kappa shape index (κ1) is 16.4. The number of hydrogen-bond acceptors (Lipinski definition) is 4. The molecule has 1 heterocycles. The minimum Gasteiger partial charge on any atom is -0.427 e. The van der Waals surface area contributed by atoms with E-state index < -0.39 is 5.97 Å². The lowest BCUT2D eigenvalue weighted by Crippen LogP contribution is -2.31. The zero-order chi connectivity index (χ0) is 17.1. The first-order valence-corrected chi connectivity index (χ1v) is 8.27. The molecule has 0 saturated carbocycles. The molecule has 0 aromatic heterocycles. The van der Waals surface area contributed by atoms with Crippen LogP contribution >= 0.6 is 15.9 Å². The summed E-state index contributed by atoms with van der Waals surface area (Å²) >= 11 is 3.31. The van der Waals surface area contributed by atoms with E-state index in [1.54, 1.807) is 48.5 Å². The van der Waals surface area contributed by atoms with Crippen LogP contribution in [0.3, 0.4) is 0 Å². The number of carbonyl (C=O) groups excluding carboxylic acids is 3. The molecule has 1 aliphatic rings. The van der Waals surface area contributed by atoms with E-state index in [1.807, 2.05) is 0 Å². The second-order valence-corrected chi connectivity index (χ2v) is 6.25. The van der Waals surface area contributed by atoms with Gasteiger partial charge in [0.25, 0.3) is 11.8 Å². The van der Waals surface area contributed by atoms with E-state index >= 15 is 0 Å². The number of ether oxygens (including phenoxy) is 1. The summed E-state index contributed by atoms with van der Waals surface area (Å²) in [6, 6.07) is 13.7. The van der Waals surface area contributed by atoms with Crippen LogP contribution in [-0.4, -0.2) is 29.2 Å².